The van der Waals surface area contributed by atoms with Gasteiger partial charge in [0, 0.05) is 17.5 Å². The molecule has 5 nitrogen and oxygen atoms in total. The summed E-state index contributed by atoms with van der Waals surface area (Å²) in [5, 5.41) is 2.53. The van der Waals surface area contributed by atoms with Gasteiger partial charge in [0.05, 0.1) is 18.1 Å². The minimum Gasteiger partial charge on any atom is -0.459 e. The normalized spacial score (nSPS) is 26.3. The predicted molar refractivity (Wildman–Crippen MR) is 110 cm³/mol. The number of carbonyl (C=O) groups is 2. The van der Waals surface area contributed by atoms with E-state index in [4.69, 9.17) is 9.47 Å². The highest BCUT2D eigenvalue weighted by Gasteiger charge is 2.55. The molecule has 1 heterocycles. The number of carbonyl (C=O) groups excluding carboxylic acids is 2. The predicted octanol–water partition coefficient (Wildman–Crippen LogP) is 4.33. The van der Waals surface area contributed by atoms with Crippen molar-refractivity contribution in [1.29, 1.82) is 0 Å². The average molecular weight is 501 g/mol. The Morgan fingerprint density at radius 1 is 1.17 bits per heavy atom. The van der Waals surface area contributed by atoms with Crippen molar-refractivity contribution in [2.45, 2.75) is 37.6 Å². The molecule has 0 aromatic heterocycles. The van der Waals surface area contributed by atoms with Gasteiger partial charge in [-0.15, -0.1) is 0 Å². The van der Waals surface area contributed by atoms with E-state index in [-0.39, 0.29) is 42.6 Å². The van der Waals surface area contributed by atoms with Crippen LogP contribution in [0.1, 0.15) is 18.4 Å². The number of benzene rings is 2. The Labute approximate surface area is 196 Å². The number of morpholine rings is 1. The molecule has 35 heavy (non-hydrogen) atoms. The maximum atomic E-state index is 15.5. The average Bonchev–Trinajstić information content (AvgIpc) is 3.13. The minimum absolute atomic E-state index is 0.0433. The van der Waals surface area contributed by atoms with Crippen molar-refractivity contribution >= 4 is 11.9 Å². The Morgan fingerprint density at radius 3 is 2.54 bits per heavy atom. The second-order valence-electron chi connectivity index (χ2n) is 8.69. The zero-order chi connectivity index (χ0) is 25.3. The quantitative estimate of drug-likeness (QED) is 0.473. The SMILES string of the molecule is O=C1N[C@]2(CCC(C(=O)OCC(F)F)[C@H]2Cc2cccc(-c3cc(F)cc(F)c3)c2F)COC1F. The van der Waals surface area contributed by atoms with Gasteiger partial charge in [0.25, 0.3) is 18.7 Å². The molecule has 4 rings (SSSR count). The van der Waals surface area contributed by atoms with Crippen LogP contribution in [0.25, 0.3) is 11.1 Å². The molecule has 1 amide bonds. The second kappa shape index (κ2) is 9.88. The number of nitrogens with one attached hydrogen (secondary N) is 1. The number of alkyl halides is 3. The van der Waals surface area contributed by atoms with Crippen LogP contribution in [0, 0.1) is 29.3 Å². The Balaban J connectivity index is 1.68. The van der Waals surface area contributed by atoms with Crippen molar-refractivity contribution in [3.05, 3.63) is 59.4 Å². The first kappa shape index (κ1) is 25.0. The van der Waals surface area contributed by atoms with Gasteiger partial charge in [-0.25, -0.2) is 26.3 Å². The molecule has 0 radical (unpaired) electrons. The van der Waals surface area contributed by atoms with Crippen LogP contribution in [0.15, 0.2) is 36.4 Å². The summed E-state index contributed by atoms with van der Waals surface area (Å²) in [5.41, 5.74) is -1.37. The number of halogens is 6. The molecule has 2 aromatic carbocycles. The third kappa shape index (κ3) is 5.14. The first-order chi connectivity index (χ1) is 16.6. The fraction of sp³-hybridized carbons (Fsp3) is 0.417. The molecule has 1 N–H and O–H groups in total. The van der Waals surface area contributed by atoms with Gasteiger partial charge in [-0.05, 0) is 42.5 Å². The summed E-state index contributed by atoms with van der Waals surface area (Å²) in [5.74, 6) is -6.53. The van der Waals surface area contributed by atoms with Crippen molar-refractivity contribution in [2.75, 3.05) is 13.2 Å². The fourth-order valence-electron chi connectivity index (χ4n) is 4.93. The zero-order valence-electron chi connectivity index (χ0n) is 18.2. The van der Waals surface area contributed by atoms with Crippen molar-refractivity contribution in [3.8, 4) is 11.1 Å². The van der Waals surface area contributed by atoms with Gasteiger partial charge in [0.1, 0.15) is 17.5 Å². The summed E-state index contributed by atoms with van der Waals surface area (Å²) in [6.45, 7) is -1.45. The van der Waals surface area contributed by atoms with E-state index in [1.807, 2.05) is 0 Å². The molecule has 2 aliphatic rings. The maximum absolute atomic E-state index is 15.5. The smallest absolute Gasteiger partial charge is 0.309 e. The van der Waals surface area contributed by atoms with Gasteiger partial charge in [-0.3, -0.25) is 9.59 Å². The van der Waals surface area contributed by atoms with Crippen LogP contribution in [-0.2, 0) is 25.5 Å². The minimum atomic E-state index is -2.89. The van der Waals surface area contributed by atoms with Gasteiger partial charge in [-0.1, -0.05) is 18.2 Å². The van der Waals surface area contributed by atoms with E-state index in [2.05, 4.69) is 5.32 Å². The van der Waals surface area contributed by atoms with Crippen LogP contribution in [0.4, 0.5) is 26.3 Å². The molecule has 2 unspecified atom stereocenters. The third-order valence-corrected chi connectivity index (χ3v) is 6.51. The van der Waals surface area contributed by atoms with Gasteiger partial charge < -0.3 is 14.8 Å². The maximum Gasteiger partial charge on any atom is 0.309 e. The lowest BCUT2D eigenvalue weighted by molar-refractivity contribution is -0.167. The Morgan fingerprint density at radius 2 is 1.89 bits per heavy atom. The number of hydrogen-bond acceptors (Lipinski definition) is 4. The largest absolute Gasteiger partial charge is 0.459 e. The molecule has 1 saturated heterocycles. The molecule has 188 valence electrons. The summed E-state index contributed by atoms with van der Waals surface area (Å²) in [4.78, 5) is 24.7. The van der Waals surface area contributed by atoms with Crippen molar-refractivity contribution in [2.24, 2.45) is 11.8 Å². The first-order valence-electron chi connectivity index (χ1n) is 10.9. The number of rotatable bonds is 6. The van der Waals surface area contributed by atoms with E-state index in [1.165, 1.54) is 18.2 Å². The molecule has 2 fully saturated rings. The monoisotopic (exact) mass is 501 g/mol. The van der Waals surface area contributed by atoms with E-state index in [0.717, 1.165) is 12.1 Å². The standard InChI is InChI=1S/C24H21F6NO4/c25-14-6-13(7-15(26)9-14)16-3-1-2-12(20(16)29)8-18-17(23(33)34-10-19(27)28)4-5-24(18)11-35-21(30)22(32)31-24/h1-3,6-7,9,17-19,21H,4-5,8,10-11H2,(H,31,32)/t17?,18-,21?,24-/m1/s1. The number of amides is 1. The molecule has 1 aliphatic carbocycles. The highest BCUT2D eigenvalue weighted by Crippen LogP contribution is 2.45. The van der Waals surface area contributed by atoms with E-state index < -0.39 is 66.1 Å². The Hall–Kier alpha value is -3.08. The molecule has 0 bridgehead atoms. The van der Waals surface area contributed by atoms with Crippen molar-refractivity contribution in [1.82, 2.24) is 5.32 Å². The second-order valence-corrected chi connectivity index (χ2v) is 8.69. The van der Waals surface area contributed by atoms with E-state index >= 15 is 4.39 Å². The number of ether oxygens (including phenoxy) is 2. The van der Waals surface area contributed by atoms with Gasteiger partial charge >= 0.3 is 5.97 Å². The lowest BCUT2D eigenvalue weighted by atomic mass is 9.78. The van der Waals surface area contributed by atoms with E-state index in [0.29, 0.717) is 6.07 Å². The van der Waals surface area contributed by atoms with Gasteiger partial charge in [-0.2, -0.15) is 0 Å². The first-order valence-corrected chi connectivity index (χ1v) is 10.9. The van der Waals surface area contributed by atoms with Crippen LogP contribution in [-0.4, -0.2) is 43.4 Å². The van der Waals surface area contributed by atoms with Crippen LogP contribution in [0.3, 0.4) is 0 Å². The highest BCUT2D eigenvalue weighted by molar-refractivity contribution is 5.81. The Kier molecular flexibility index (Phi) is 7.07. The third-order valence-electron chi connectivity index (χ3n) is 6.51. The van der Waals surface area contributed by atoms with Crippen LogP contribution in [0.2, 0.25) is 0 Å². The highest BCUT2D eigenvalue weighted by atomic mass is 19.3. The molecule has 1 spiro atoms. The summed E-state index contributed by atoms with van der Waals surface area (Å²) >= 11 is 0. The zero-order valence-corrected chi connectivity index (χ0v) is 18.2. The van der Waals surface area contributed by atoms with Crippen molar-refractivity contribution < 1.29 is 45.4 Å². The van der Waals surface area contributed by atoms with Crippen LogP contribution >= 0.6 is 0 Å². The summed E-state index contributed by atoms with van der Waals surface area (Å²) < 4.78 is 91.4. The molecule has 4 atom stereocenters. The Bertz CT molecular complexity index is 1110. The molecule has 11 heteroatoms. The number of hydrogen-bond donors (Lipinski definition) is 1. The summed E-state index contributed by atoms with van der Waals surface area (Å²) in [6.07, 6.45) is -5.05. The lowest BCUT2D eigenvalue weighted by Crippen LogP contribution is -2.62. The number of esters is 1. The van der Waals surface area contributed by atoms with Crippen molar-refractivity contribution in [3.63, 3.8) is 0 Å². The molecular formula is C24H21F6NO4. The van der Waals surface area contributed by atoms with Gasteiger partial charge in [0.15, 0.2) is 6.61 Å². The van der Waals surface area contributed by atoms with E-state index in [1.54, 1.807) is 0 Å². The van der Waals surface area contributed by atoms with E-state index in [9.17, 15) is 31.5 Å². The fourth-order valence-corrected chi connectivity index (χ4v) is 4.93. The molecule has 2 aromatic rings. The topological polar surface area (TPSA) is 64.6 Å². The van der Waals surface area contributed by atoms with Gasteiger partial charge in [0.2, 0.25) is 0 Å². The molecule has 1 saturated carbocycles. The molecule has 1 aliphatic heterocycles. The summed E-state index contributed by atoms with van der Waals surface area (Å²) in [7, 11) is 0. The lowest BCUT2D eigenvalue weighted by Gasteiger charge is -2.41. The van der Waals surface area contributed by atoms with Crippen LogP contribution in [0.5, 0.6) is 0 Å². The summed E-state index contributed by atoms with van der Waals surface area (Å²) in [6, 6.07) is 6.74. The van der Waals surface area contributed by atoms with Crippen LogP contribution < -0.4 is 5.32 Å². The molecular weight excluding hydrogens is 480 g/mol.